The zero-order valence-electron chi connectivity index (χ0n) is 17.5. The Bertz CT molecular complexity index is 1310. The summed E-state index contributed by atoms with van der Waals surface area (Å²) >= 11 is 7.62. The first-order valence-electron chi connectivity index (χ1n) is 9.88. The number of carbonyl (C=O) groups is 2. The van der Waals surface area contributed by atoms with Gasteiger partial charge in [-0.3, -0.25) is 19.1 Å². The molecule has 0 atom stereocenters. The standard InChI is InChI=1S/C23H19ClN6O2S/c1-14-18(24)3-2-4-19(14)30-22(16-9-11-26-12-10-16)28-29-23(30)33-13-20(31)27-17-7-5-15(6-8-17)21(25)32/h2-12H,13H2,1H3,(H2,25,32)(H,27,31). The van der Waals surface area contributed by atoms with Gasteiger partial charge in [0.25, 0.3) is 0 Å². The van der Waals surface area contributed by atoms with E-state index in [1.54, 1.807) is 36.7 Å². The van der Waals surface area contributed by atoms with Crippen LogP contribution in [0.1, 0.15) is 15.9 Å². The van der Waals surface area contributed by atoms with Gasteiger partial charge in [0, 0.05) is 34.2 Å². The van der Waals surface area contributed by atoms with Gasteiger partial charge in [0.15, 0.2) is 11.0 Å². The van der Waals surface area contributed by atoms with E-state index in [0.29, 0.717) is 27.3 Å². The number of hydrogen-bond donors (Lipinski definition) is 2. The Morgan fingerprint density at radius 2 is 1.79 bits per heavy atom. The molecule has 166 valence electrons. The fourth-order valence-electron chi connectivity index (χ4n) is 3.15. The number of rotatable bonds is 7. The Balaban J connectivity index is 1.59. The maximum atomic E-state index is 12.5. The second-order valence-electron chi connectivity index (χ2n) is 7.04. The van der Waals surface area contributed by atoms with Gasteiger partial charge in [0.05, 0.1) is 11.4 Å². The molecule has 2 aromatic carbocycles. The molecule has 2 amide bonds. The van der Waals surface area contributed by atoms with Gasteiger partial charge in [-0.25, -0.2) is 0 Å². The van der Waals surface area contributed by atoms with Gasteiger partial charge in [0.2, 0.25) is 11.8 Å². The maximum absolute atomic E-state index is 12.5. The minimum atomic E-state index is -0.524. The molecule has 33 heavy (non-hydrogen) atoms. The summed E-state index contributed by atoms with van der Waals surface area (Å²) in [6, 6.07) is 15.7. The molecule has 0 saturated heterocycles. The zero-order chi connectivity index (χ0) is 23.4. The van der Waals surface area contributed by atoms with Gasteiger partial charge in [-0.1, -0.05) is 29.4 Å². The van der Waals surface area contributed by atoms with E-state index in [-0.39, 0.29) is 11.7 Å². The Hall–Kier alpha value is -3.69. The maximum Gasteiger partial charge on any atom is 0.248 e. The van der Waals surface area contributed by atoms with Gasteiger partial charge in [-0.2, -0.15) is 0 Å². The number of nitrogens with two attached hydrogens (primary N) is 1. The van der Waals surface area contributed by atoms with Crippen molar-refractivity contribution in [1.82, 2.24) is 19.7 Å². The van der Waals surface area contributed by atoms with Gasteiger partial charge in [0.1, 0.15) is 0 Å². The van der Waals surface area contributed by atoms with Crippen LogP contribution in [0.5, 0.6) is 0 Å². The van der Waals surface area contributed by atoms with E-state index in [2.05, 4.69) is 20.5 Å². The third-order valence-corrected chi connectivity index (χ3v) is 6.18. The third kappa shape index (κ3) is 5.05. The van der Waals surface area contributed by atoms with E-state index in [0.717, 1.165) is 16.8 Å². The molecule has 0 aliphatic heterocycles. The summed E-state index contributed by atoms with van der Waals surface area (Å²) in [7, 11) is 0. The molecule has 0 bridgehead atoms. The van der Waals surface area contributed by atoms with Crippen molar-refractivity contribution in [3.63, 3.8) is 0 Å². The van der Waals surface area contributed by atoms with E-state index in [9.17, 15) is 9.59 Å². The highest BCUT2D eigenvalue weighted by Crippen LogP contribution is 2.31. The highest BCUT2D eigenvalue weighted by atomic mass is 35.5. The van der Waals surface area contributed by atoms with Crippen LogP contribution in [0.3, 0.4) is 0 Å². The normalized spacial score (nSPS) is 10.7. The molecule has 2 heterocycles. The Morgan fingerprint density at radius 1 is 1.06 bits per heavy atom. The fraction of sp³-hybridized carbons (Fsp3) is 0.0870. The third-order valence-electron chi connectivity index (χ3n) is 4.84. The number of primary amides is 1. The van der Waals surface area contributed by atoms with Crippen molar-refractivity contribution in [2.24, 2.45) is 5.73 Å². The molecular formula is C23H19ClN6O2S. The van der Waals surface area contributed by atoms with Crippen molar-refractivity contribution in [2.75, 3.05) is 11.1 Å². The number of aromatic nitrogens is 4. The Morgan fingerprint density at radius 3 is 2.48 bits per heavy atom. The lowest BCUT2D eigenvalue weighted by molar-refractivity contribution is -0.113. The number of pyridine rings is 1. The number of carbonyl (C=O) groups excluding carboxylic acids is 2. The quantitative estimate of drug-likeness (QED) is 0.386. The summed E-state index contributed by atoms with van der Waals surface area (Å²) < 4.78 is 1.89. The number of nitrogens with one attached hydrogen (secondary N) is 1. The first-order valence-corrected chi connectivity index (χ1v) is 11.2. The molecule has 0 fully saturated rings. The Kier molecular flexibility index (Phi) is 6.71. The van der Waals surface area contributed by atoms with Crippen LogP contribution in [0, 0.1) is 6.92 Å². The highest BCUT2D eigenvalue weighted by molar-refractivity contribution is 7.99. The number of halogens is 1. The molecule has 8 nitrogen and oxygen atoms in total. The lowest BCUT2D eigenvalue weighted by atomic mass is 10.2. The molecule has 0 aliphatic rings. The molecule has 0 spiro atoms. The van der Waals surface area contributed by atoms with Crippen molar-refractivity contribution in [3.8, 4) is 17.1 Å². The number of anilines is 1. The summed E-state index contributed by atoms with van der Waals surface area (Å²) in [5.74, 6) is -0.0301. The minimum Gasteiger partial charge on any atom is -0.366 e. The highest BCUT2D eigenvalue weighted by Gasteiger charge is 2.19. The number of thioether (sulfide) groups is 1. The topological polar surface area (TPSA) is 116 Å². The van der Waals surface area contributed by atoms with Crippen LogP contribution in [0.25, 0.3) is 17.1 Å². The average Bonchev–Trinajstić information content (AvgIpc) is 3.24. The number of benzene rings is 2. The molecule has 0 saturated carbocycles. The van der Waals surface area contributed by atoms with E-state index in [1.165, 1.54) is 11.8 Å². The van der Waals surface area contributed by atoms with Crippen LogP contribution < -0.4 is 11.1 Å². The van der Waals surface area contributed by atoms with Gasteiger partial charge < -0.3 is 11.1 Å². The molecule has 0 radical (unpaired) electrons. The largest absolute Gasteiger partial charge is 0.366 e. The van der Waals surface area contributed by atoms with Crippen LogP contribution in [0.2, 0.25) is 5.02 Å². The summed E-state index contributed by atoms with van der Waals surface area (Å²) in [4.78, 5) is 27.8. The van der Waals surface area contributed by atoms with Crippen molar-refractivity contribution in [2.45, 2.75) is 12.1 Å². The van der Waals surface area contributed by atoms with Crippen molar-refractivity contribution in [3.05, 3.63) is 83.1 Å². The van der Waals surface area contributed by atoms with Crippen molar-refractivity contribution < 1.29 is 9.59 Å². The second-order valence-corrected chi connectivity index (χ2v) is 8.39. The van der Waals surface area contributed by atoms with Crippen molar-refractivity contribution in [1.29, 1.82) is 0 Å². The molecule has 4 aromatic rings. The predicted octanol–water partition coefficient (Wildman–Crippen LogP) is 4.12. The van der Waals surface area contributed by atoms with Crippen LogP contribution in [0.4, 0.5) is 5.69 Å². The molecule has 2 aromatic heterocycles. The predicted molar refractivity (Wildman–Crippen MR) is 129 cm³/mol. The summed E-state index contributed by atoms with van der Waals surface area (Å²) in [5, 5.41) is 12.7. The SMILES string of the molecule is Cc1c(Cl)cccc1-n1c(SCC(=O)Nc2ccc(C(N)=O)cc2)nnc1-c1ccncc1. The molecule has 0 unspecified atom stereocenters. The lowest BCUT2D eigenvalue weighted by Crippen LogP contribution is -2.15. The summed E-state index contributed by atoms with van der Waals surface area (Å²) in [6.07, 6.45) is 3.37. The van der Waals surface area contributed by atoms with Crippen LogP contribution in [-0.4, -0.2) is 37.3 Å². The van der Waals surface area contributed by atoms with Crippen LogP contribution >= 0.6 is 23.4 Å². The van der Waals surface area contributed by atoms with Crippen LogP contribution in [0.15, 0.2) is 72.1 Å². The molecule has 4 rings (SSSR count). The van der Waals surface area contributed by atoms with E-state index < -0.39 is 5.91 Å². The van der Waals surface area contributed by atoms with E-state index in [1.807, 2.05) is 41.8 Å². The smallest absolute Gasteiger partial charge is 0.248 e. The number of amides is 2. The first kappa shape index (κ1) is 22.5. The molecule has 10 heteroatoms. The molecular weight excluding hydrogens is 460 g/mol. The van der Waals surface area contributed by atoms with Gasteiger partial charge in [-0.15, -0.1) is 10.2 Å². The van der Waals surface area contributed by atoms with Gasteiger partial charge >= 0.3 is 0 Å². The monoisotopic (exact) mass is 478 g/mol. The van der Waals surface area contributed by atoms with Crippen LogP contribution in [-0.2, 0) is 4.79 Å². The molecule has 3 N–H and O–H groups in total. The van der Waals surface area contributed by atoms with Gasteiger partial charge in [-0.05, 0) is 61.0 Å². The first-order chi connectivity index (χ1) is 15.9. The van der Waals surface area contributed by atoms with Crippen molar-refractivity contribution >= 4 is 40.9 Å². The van der Waals surface area contributed by atoms with E-state index in [4.69, 9.17) is 17.3 Å². The zero-order valence-corrected chi connectivity index (χ0v) is 19.1. The number of nitrogens with zero attached hydrogens (tertiary/aromatic N) is 4. The second kappa shape index (κ2) is 9.85. The Labute approximate surface area is 199 Å². The minimum absolute atomic E-state index is 0.103. The summed E-state index contributed by atoms with van der Waals surface area (Å²) in [5.41, 5.74) is 8.71. The molecule has 0 aliphatic carbocycles. The average molecular weight is 479 g/mol. The summed E-state index contributed by atoms with van der Waals surface area (Å²) in [6.45, 7) is 1.92. The van der Waals surface area contributed by atoms with E-state index >= 15 is 0 Å². The fourth-order valence-corrected chi connectivity index (χ4v) is 4.07. The number of hydrogen-bond acceptors (Lipinski definition) is 6. The lowest BCUT2D eigenvalue weighted by Gasteiger charge is -2.14.